The second-order valence-electron chi connectivity index (χ2n) is 12.3. The summed E-state index contributed by atoms with van der Waals surface area (Å²) in [6, 6.07) is 0. The van der Waals surface area contributed by atoms with Gasteiger partial charge in [-0.1, -0.05) is 93.9 Å². The molecule has 2 rings (SSSR count). The molecule has 0 aliphatic carbocycles. The quantitative estimate of drug-likeness (QED) is 0.169. The second-order valence-corrected chi connectivity index (χ2v) is 12.3. The van der Waals surface area contributed by atoms with Crippen molar-refractivity contribution in [2.45, 2.75) is 169 Å². The highest BCUT2D eigenvalue weighted by Gasteiger charge is 2.56. The van der Waals surface area contributed by atoms with Crippen molar-refractivity contribution in [1.82, 2.24) is 0 Å². The van der Waals surface area contributed by atoms with Crippen molar-refractivity contribution in [3.8, 4) is 0 Å². The fourth-order valence-electron chi connectivity index (χ4n) is 6.46. The molecule has 35 heavy (non-hydrogen) atoms. The Kier molecular flexibility index (Phi) is 13.6. The molecule has 0 radical (unpaired) electrons. The molecular weight excluding hydrogens is 432 g/mol. The van der Waals surface area contributed by atoms with E-state index in [1.165, 1.54) is 77.0 Å². The summed E-state index contributed by atoms with van der Waals surface area (Å²) >= 11 is 0. The Bertz CT molecular complexity index is 517. The highest BCUT2D eigenvalue weighted by atomic mass is 16.6. The van der Waals surface area contributed by atoms with Crippen LogP contribution >= 0.6 is 0 Å². The fourth-order valence-corrected chi connectivity index (χ4v) is 6.46. The maximum Gasteiger partial charge on any atom is 0.0762 e. The van der Waals surface area contributed by atoms with E-state index in [2.05, 4.69) is 55.4 Å². The Morgan fingerprint density at radius 2 is 1.09 bits per heavy atom. The third kappa shape index (κ3) is 7.93. The van der Waals surface area contributed by atoms with Gasteiger partial charge in [0.1, 0.15) is 0 Å². The van der Waals surface area contributed by atoms with E-state index in [1.807, 2.05) is 0 Å². The number of ether oxygens (including phenoxy) is 3. The molecule has 0 bridgehead atoms. The molecule has 2 heterocycles. The van der Waals surface area contributed by atoms with Crippen molar-refractivity contribution in [3.05, 3.63) is 0 Å². The minimum atomic E-state index is -0.0730. The van der Waals surface area contributed by atoms with Crippen molar-refractivity contribution >= 4 is 0 Å². The van der Waals surface area contributed by atoms with Gasteiger partial charge in [0.25, 0.3) is 0 Å². The van der Waals surface area contributed by atoms with Crippen LogP contribution in [0.2, 0.25) is 0 Å². The van der Waals surface area contributed by atoms with Crippen molar-refractivity contribution in [3.63, 3.8) is 0 Å². The van der Waals surface area contributed by atoms with Crippen LogP contribution in [-0.4, -0.2) is 36.6 Å². The predicted octanol–water partition coefficient (Wildman–Crippen LogP) is 9.36. The van der Waals surface area contributed by atoms with Gasteiger partial charge >= 0.3 is 0 Å². The summed E-state index contributed by atoms with van der Waals surface area (Å²) in [6.07, 6.45) is 17.7. The molecular formula is C32H62O3. The zero-order valence-corrected chi connectivity index (χ0v) is 25.0. The summed E-state index contributed by atoms with van der Waals surface area (Å²) in [5.74, 6) is 2.57. The number of unbranched alkanes of at least 4 members (excludes halogenated alkanes) is 2. The van der Waals surface area contributed by atoms with Crippen molar-refractivity contribution in [2.75, 3.05) is 13.2 Å². The monoisotopic (exact) mass is 494 g/mol. The third-order valence-corrected chi connectivity index (χ3v) is 10.0. The SMILES string of the molecule is CCCCC1OCC1C(CC)(CCC(C)CC)OC(CC)(CCC(C)CC)C1COC1CCCC. The minimum Gasteiger partial charge on any atom is -0.377 e. The van der Waals surface area contributed by atoms with Gasteiger partial charge < -0.3 is 14.2 Å². The Labute approximate surface area is 219 Å². The highest BCUT2D eigenvalue weighted by molar-refractivity contribution is 5.03. The molecule has 2 aliphatic rings. The molecule has 0 aromatic heterocycles. The van der Waals surface area contributed by atoms with Gasteiger partial charge in [0, 0.05) is 11.8 Å². The maximum atomic E-state index is 7.78. The molecule has 0 N–H and O–H groups in total. The molecule has 0 amide bonds. The fraction of sp³-hybridized carbons (Fsp3) is 1.00. The van der Waals surface area contributed by atoms with Crippen molar-refractivity contribution in [1.29, 1.82) is 0 Å². The van der Waals surface area contributed by atoms with Crippen molar-refractivity contribution in [2.24, 2.45) is 23.7 Å². The summed E-state index contributed by atoms with van der Waals surface area (Å²) in [5.41, 5.74) is -0.146. The van der Waals surface area contributed by atoms with E-state index in [9.17, 15) is 0 Å². The van der Waals surface area contributed by atoms with Crippen LogP contribution in [-0.2, 0) is 14.2 Å². The van der Waals surface area contributed by atoms with E-state index in [0.717, 1.165) is 37.9 Å². The normalized spacial score (nSPS) is 29.5. The topological polar surface area (TPSA) is 27.7 Å². The molecule has 2 saturated heterocycles. The molecule has 8 unspecified atom stereocenters. The molecule has 0 aromatic rings. The molecule has 2 aliphatic heterocycles. The zero-order chi connectivity index (χ0) is 25.9. The van der Waals surface area contributed by atoms with E-state index in [4.69, 9.17) is 14.2 Å². The molecule has 3 heteroatoms. The Morgan fingerprint density at radius 1 is 0.686 bits per heavy atom. The van der Waals surface area contributed by atoms with Crippen LogP contribution in [0, 0.1) is 23.7 Å². The van der Waals surface area contributed by atoms with Gasteiger partial charge in [0.15, 0.2) is 0 Å². The molecule has 3 nitrogen and oxygen atoms in total. The lowest BCUT2D eigenvalue weighted by molar-refractivity contribution is -0.305. The summed E-state index contributed by atoms with van der Waals surface area (Å²) < 4.78 is 20.2. The standard InChI is InChI=1S/C32H62O3/c1-9-15-17-29-27(23-33-29)31(13-5,21-19-25(7)11-3)35-32(14-6,22-20-26(8)12-4)28-24-34-30(28)18-16-10-2/h25-30H,9-24H2,1-8H3. The van der Waals surface area contributed by atoms with Crippen LogP contribution in [0.3, 0.4) is 0 Å². The van der Waals surface area contributed by atoms with Gasteiger partial charge in [-0.2, -0.15) is 0 Å². The van der Waals surface area contributed by atoms with Gasteiger partial charge in [-0.05, 0) is 63.2 Å². The highest BCUT2D eigenvalue weighted by Crippen LogP contribution is 2.50. The van der Waals surface area contributed by atoms with Gasteiger partial charge in [-0.25, -0.2) is 0 Å². The summed E-state index contributed by atoms with van der Waals surface area (Å²) in [7, 11) is 0. The van der Waals surface area contributed by atoms with Crippen LogP contribution in [0.4, 0.5) is 0 Å². The van der Waals surface area contributed by atoms with Crippen LogP contribution in [0.15, 0.2) is 0 Å². The molecule has 0 spiro atoms. The zero-order valence-electron chi connectivity index (χ0n) is 25.0. The largest absolute Gasteiger partial charge is 0.377 e. The molecule has 2 fully saturated rings. The average molecular weight is 495 g/mol. The van der Waals surface area contributed by atoms with E-state index in [0.29, 0.717) is 24.0 Å². The summed E-state index contributed by atoms with van der Waals surface area (Å²) in [6.45, 7) is 20.7. The third-order valence-electron chi connectivity index (χ3n) is 10.0. The summed E-state index contributed by atoms with van der Waals surface area (Å²) in [4.78, 5) is 0. The average Bonchev–Trinajstić information content (AvgIpc) is 2.84. The molecule has 208 valence electrons. The van der Waals surface area contributed by atoms with E-state index in [-0.39, 0.29) is 11.2 Å². The number of hydrogen-bond acceptors (Lipinski definition) is 3. The summed E-state index contributed by atoms with van der Waals surface area (Å²) in [5, 5.41) is 0. The first-order valence-electron chi connectivity index (χ1n) is 15.8. The first-order chi connectivity index (χ1) is 16.8. The minimum absolute atomic E-state index is 0.0730. The Morgan fingerprint density at radius 3 is 1.34 bits per heavy atom. The first-order valence-corrected chi connectivity index (χ1v) is 15.8. The lowest BCUT2D eigenvalue weighted by atomic mass is 9.69. The number of hydrogen-bond donors (Lipinski definition) is 0. The van der Waals surface area contributed by atoms with Crippen LogP contribution in [0.25, 0.3) is 0 Å². The van der Waals surface area contributed by atoms with E-state index < -0.39 is 0 Å². The molecule has 8 atom stereocenters. The lowest BCUT2D eigenvalue weighted by Gasteiger charge is -2.58. The van der Waals surface area contributed by atoms with E-state index in [1.54, 1.807) is 0 Å². The molecule has 0 saturated carbocycles. The van der Waals surface area contributed by atoms with E-state index >= 15 is 0 Å². The van der Waals surface area contributed by atoms with Gasteiger partial charge in [-0.15, -0.1) is 0 Å². The smallest absolute Gasteiger partial charge is 0.0762 e. The predicted molar refractivity (Wildman–Crippen MR) is 150 cm³/mol. The van der Waals surface area contributed by atoms with Crippen LogP contribution in [0.5, 0.6) is 0 Å². The van der Waals surface area contributed by atoms with Gasteiger partial charge in [0.2, 0.25) is 0 Å². The Balaban J connectivity index is 2.38. The lowest BCUT2D eigenvalue weighted by Crippen LogP contribution is -2.64. The number of rotatable bonds is 20. The van der Waals surface area contributed by atoms with Gasteiger partial charge in [0.05, 0.1) is 36.6 Å². The van der Waals surface area contributed by atoms with Crippen LogP contribution < -0.4 is 0 Å². The Hall–Kier alpha value is -0.120. The van der Waals surface area contributed by atoms with Crippen LogP contribution in [0.1, 0.15) is 145 Å². The molecule has 0 aromatic carbocycles. The van der Waals surface area contributed by atoms with Gasteiger partial charge in [-0.3, -0.25) is 0 Å². The maximum absolute atomic E-state index is 7.78. The van der Waals surface area contributed by atoms with Crippen molar-refractivity contribution < 1.29 is 14.2 Å². The first kappa shape index (κ1) is 31.1. The second kappa shape index (κ2) is 15.3.